The highest BCUT2D eigenvalue weighted by Crippen LogP contribution is 2.20. The summed E-state index contributed by atoms with van der Waals surface area (Å²) in [7, 11) is 0. The van der Waals surface area contributed by atoms with Crippen molar-refractivity contribution in [3.8, 4) is 0 Å². The number of carbonyl (C=O) groups is 1. The van der Waals surface area contributed by atoms with E-state index in [9.17, 15) is 9.18 Å². The predicted molar refractivity (Wildman–Crippen MR) is 86.1 cm³/mol. The van der Waals surface area contributed by atoms with Crippen LogP contribution in [0.4, 0.5) is 20.0 Å². The molecule has 1 aromatic heterocycles. The van der Waals surface area contributed by atoms with Crippen LogP contribution >= 0.6 is 11.3 Å². The van der Waals surface area contributed by atoms with Gasteiger partial charge in [-0.1, -0.05) is 6.07 Å². The molecule has 0 spiro atoms. The number of hydrogen-bond acceptors (Lipinski definition) is 4. The number of nitrogens with one attached hydrogen (secondary N) is 1. The number of piperazine rings is 1. The third-order valence-electron chi connectivity index (χ3n) is 3.62. The van der Waals surface area contributed by atoms with Crippen molar-refractivity contribution in [1.82, 2.24) is 9.88 Å². The van der Waals surface area contributed by atoms with Crippen molar-refractivity contribution in [2.24, 2.45) is 0 Å². The van der Waals surface area contributed by atoms with Gasteiger partial charge in [-0.3, -0.25) is 0 Å². The highest BCUT2D eigenvalue weighted by Gasteiger charge is 2.22. The van der Waals surface area contributed by atoms with Crippen LogP contribution in [0.2, 0.25) is 0 Å². The molecule has 0 bridgehead atoms. The van der Waals surface area contributed by atoms with Gasteiger partial charge in [-0.25, -0.2) is 14.2 Å². The van der Waals surface area contributed by atoms with Gasteiger partial charge in [0.05, 0.1) is 5.69 Å². The van der Waals surface area contributed by atoms with Crippen LogP contribution in [-0.2, 0) is 0 Å². The second-order valence-electron chi connectivity index (χ2n) is 5.20. The minimum atomic E-state index is -0.408. The van der Waals surface area contributed by atoms with E-state index in [1.165, 1.54) is 6.07 Å². The molecular weight excluding hydrogens is 303 g/mol. The first-order chi connectivity index (χ1) is 10.6. The smallest absolute Gasteiger partial charge is 0.322 e. The molecule has 0 aliphatic carbocycles. The van der Waals surface area contributed by atoms with Crippen molar-refractivity contribution in [3.05, 3.63) is 41.2 Å². The van der Waals surface area contributed by atoms with E-state index in [0.717, 1.165) is 23.8 Å². The van der Waals surface area contributed by atoms with E-state index in [4.69, 9.17) is 0 Å². The number of carbonyl (C=O) groups excluding carboxylic acids is 1. The zero-order chi connectivity index (χ0) is 15.5. The topological polar surface area (TPSA) is 48.5 Å². The maximum Gasteiger partial charge on any atom is 0.322 e. The van der Waals surface area contributed by atoms with Gasteiger partial charge in [-0.15, -0.1) is 11.3 Å². The van der Waals surface area contributed by atoms with Gasteiger partial charge >= 0.3 is 6.03 Å². The molecule has 1 aromatic carbocycles. The number of aryl methyl sites for hydroxylation is 1. The molecule has 1 fully saturated rings. The summed E-state index contributed by atoms with van der Waals surface area (Å²) in [5.41, 5.74) is 1.05. The molecule has 3 rings (SSSR count). The lowest BCUT2D eigenvalue weighted by molar-refractivity contribution is 0.208. The van der Waals surface area contributed by atoms with Crippen molar-refractivity contribution < 1.29 is 9.18 Å². The third kappa shape index (κ3) is 3.19. The van der Waals surface area contributed by atoms with E-state index in [-0.39, 0.29) is 11.7 Å². The molecular formula is C15H17FN4OS. The maximum absolute atomic E-state index is 13.8. The highest BCUT2D eigenvalue weighted by atomic mass is 32.1. The van der Waals surface area contributed by atoms with Crippen LogP contribution in [0, 0.1) is 12.7 Å². The van der Waals surface area contributed by atoms with E-state index in [1.807, 2.05) is 12.3 Å². The van der Waals surface area contributed by atoms with Crippen molar-refractivity contribution in [2.75, 3.05) is 36.4 Å². The quantitative estimate of drug-likeness (QED) is 0.925. The molecule has 5 nitrogen and oxygen atoms in total. The van der Waals surface area contributed by atoms with Crippen LogP contribution in [0.5, 0.6) is 0 Å². The Balaban J connectivity index is 1.58. The summed E-state index contributed by atoms with van der Waals surface area (Å²) in [5, 5.41) is 5.55. The Morgan fingerprint density at radius 1 is 1.32 bits per heavy atom. The average Bonchev–Trinajstić information content (AvgIpc) is 3.04. The minimum absolute atomic E-state index is 0.220. The average molecular weight is 320 g/mol. The standard InChI is InChI=1S/C15H17FN4OS/c1-11-2-3-13(12(16)10-11)18-14(21)19-5-7-20(8-6-19)15-17-4-9-22-15/h2-4,9-10H,5-8H2,1H3,(H,18,21). The number of hydrogen-bond donors (Lipinski definition) is 1. The van der Waals surface area contributed by atoms with Gasteiger partial charge in [0.1, 0.15) is 5.82 Å². The molecule has 2 amide bonds. The summed E-state index contributed by atoms with van der Waals surface area (Å²) in [5.74, 6) is -0.408. The molecule has 2 aromatic rings. The number of benzene rings is 1. The Bertz CT molecular complexity index is 654. The number of aromatic nitrogens is 1. The van der Waals surface area contributed by atoms with Gasteiger partial charge in [-0.05, 0) is 24.6 Å². The number of rotatable bonds is 2. The molecule has 0 saturated carbocycles. The van der Waals surface area contributed by atoms with Crippen molar-refractivity contribution >= 4 is 28.2 Å². The van der Waals surface area contributed by atoms with Crippen LogP contribution in [0.1, 0.15) is 5.56 Å². The van der Waals surface area contributed by atoms with E-state index in [2.05, 4.69) is 15.2 Å². The second kappa shape index (κ2) is 6.31. The molecule has 0 radical (unpaired) electrons. The van der Waals surface area contributed by atoms with Gasteiger partial charge < -0.3 is 15.1 Å². The van der Waals surface area contributed by atoms with Gasteiger partial charge in [0.25, 0.3) is 0 Å². The van der Waals surface area contributed by atoms with Crippen LogP contribution in [-0.4, -0.2) is 42.1 Å². The number of halogens is 1. The molecule has 1 aliphatic rings. The Kier molecular flexibility index (Phi) is 4.24. The van der Waals surface area contributed by atoms with Gasteiger partial charge in [0, 0.05) is 37.8 Å². The lowest BCUT2D eigenvalue weighted by Gasteiger charge is -2.34. The normalized spacial score (nSPS) is 15.0. The molecule has 0 unspecified atom stereocenters. The first-order valence-corrected chi connectivity index (χ1v) is 7.98. The number of anilines is 2. The Hall–Kier alpha value is -2.15. The fourth-order valence-corrected chi connectivity index (χ4v) is 3.09. The Labute approximate surface area is 132 Å². The largest absolute Gasteiger partial charge is 0.345 e. The fraction of sp³-hybridized carbons (Fsp3) is 0.333. The number of nitrogens with zero attached hydrogens (tertiary/aromatic N) is 3. The summed E-state index contributed by atoms with van der Waals surface area (Å²) >= 11 is 1.59. The molecule has 1 aliphatic heterocycles. The lowest BCUT2D eigenvalue weighted by Crippen LogP contribution is -2.50. The van der Waals surface area contributed by atoms with Crippen LogP contribution in [0.3, 0.4) is 0 Å². The first kappa shape index (κ1) is 14.8. The SMILES string of the molecule is Cc1ccc(NC(=O)N2CCN(c3nccs3)CC2)c(F)c1. The summed E-state index contributed by atoms with van der Waals surface area (Å²) in [6.45, 7) is 4.47. The number of thiazole rings is 1. The van der Waals surface area contributed by atoms with Crippen LogP contribution in [0.25, 0.3) is 0 Å². The number of urea groups is 1. The molecule has 22 heavy (non-hydrogen) atoms. The fourth-order valence-electron chi connectivity index (χ4n) is 2.39. The summed E-state index contributed by atoms with van der Waals surface area (Å²) < 4.78 is 13.8. The first-order valence-electron chi connectivity index (χ1n) is 7.10. The maximum atomic E-state index is 13.8. The predicted octanol–water partition coefficient (Wildman–Crippen LogP) is 2.94. The Morgan fingerprint density at radius 2 is 2.09 bits per heavy atom. The zero-order valence-electron chi connectivity index (χ0n) is 12.3. The van der Waals surface area contributed by atoms with E-state index >= 15 is 0 Å². The second-order valence-corrected chi connectivity index (χ2v) is 6.08. The van der Waals surface area contributed by atoms with E-state index < -0.39 is 5.82 Å². The highest BCUT2D eigenvalue weighted by molar-refractivity contribution is 7.13. The molecule has 1 saturated heterocycles. The summed E-state index contributed by atoms with van der Waals surface area (Å²) in [6.07, 6.45) is 1.78. The van der Waals surface area contributed by atoms with Crippen molar-refractivity contribution in [2.45, 2.75) is 6.92 Å². The van der Waals surface area contributed by atoms with E-state index in [1.54, 1.807) is 34.6 Å². The van der Waals surface area contributed by atoms with Crippen molar-refractivity contribution in [3.63, 3.8) is 0 Å². The van der Waals surface area contributed by atoms with Gasteiger partial charge in [0.2, 0.25) is 0 Å². The number of amides is 2. The molecule has 116 valence electrons. The molecule has 1 N–H and O–H groups in total. The summed E-state index contributed by atoms with van der Waals surface area (Å²) in [6, 6.07) is 4.52. The monoisotopic (exact) mass is 320 g/mol. The molecule has 0 atom stereocenters. The van der Waals surface area contributed by atoms with Gasteiger partial charge in [-0.2, -0.15) is 0 Å². The van der Waals surface area contributed by atoms with E-state index in [0.29, 0.717) is 13.1 Å². The van der Waals surface area contributed by atoms with Crippen LogP contribution < -0.4 is 10.2 Å². The Morgan fingerprint density at radius 3 is 2.73 bits per heavy atom. The zero-order valence-corrected chi connectivity index (χ0v) is 13.1. The van der Waals surface area contributed by atoms with Crippen LogP contribution in [0.15, 0.2) is 29.8 Å². The molecule has 7 heteroatoms. The third-order valence-corrected chi connectivity index (χ3v) is 4.46. The van der Waals surface area contributed by atoms with Gasteiger partial charge in [0.15, 0.2) is 5.13 Å². The molecule has 2 heterocycles. The summed E-state index contributed by atoms with van der Waals surface area (Å²) in [4.78, 5) is 20.3. The van der Waals surface area contributed by atoms with Crippen molar-refractivity contribution in [1.29, 1.82) is 0 Å². The minimum Gasteiger partial charge on any atom is -0.345 e. The lowest BCUT2D eigenvalue weighted by atomic mass is 10.2.